The molecule has 2 bridgehead atoms. The van der Waals surface area contributed by atoms with Gasteiger partial charge in [-0.25, -0.2) is 0 Å². The van der Waals surface area contributed by atoms with E-state index in [0.717, 1.165) is 6.42 Å². The Balaban J connectivity index is 2.34. The van der Waals surface area contributed by atoms with E-state index in [9.17, 15) is 9.59 Å². The molecule has 2 aliphatic rings. The molecule has 0 saturated heterocycles. The second kappa shape index (κ2) is 5.82. The molecule has 0 spiro atoms. The van der Waals surface area contributed by atoms with Crippen molar-refractivity contribution < 1.29 is 19.1 Å². The van der Waals surface area contributed by atoms with Gasteiger partial charge in [-0.05, 0) is 52.4 Å². The van der Waals surface area contributed by atoms with Crippen molar-refractivity contribution in [3.8, 4) is 0 Å². The molecule has 2 aliphatic carbocycles. The number of carbonyl (C=O) groups is 2. The first kappa shape index (κ1) is 16.1. The maximum absolute atomic E-state index is 12.7. The van der Waals surface area contributed by atoms with Crippen molar-refractivity contribution in [1.82, 2.24) is 0 Å². The molecule has 0 radical (unpaired) electrons. The van der Waals surface area contributed by atoms with Crippen molar-refractivity contribution in [2.45, 2.75) is 59.7 Å². The van der Waals surface area contributed by atoms with E-state index >= 15 is 0 Å². The Bertz CT molecular complexity index is 452. The molecule has 4 nitrogen and oxygen atoms in total. The van der Waals surface area contributed by atoms with Gasteiger partial charge in [0.2, 0.25) is 0 Å². The predicted molar refractivity (Wildman–Crippen MR) is 79.4 cm³/mol. The molecule has 2 rings (SSSR count). The maximum atomic E-state index is 12.7. The Kier molecular flexibility index (Phi) is 4.45. The van der Waals surface area contributed by atoms with Crippen molar-refractivity contribution in [3.63, 3.8) is 0 Å². The van der Waals surface area contributed by atoms with E-state index in [1.165, 1.54) is 0 Å². The Morgan fingerprint density at radius 3 is 2.29 bits per heavy atom. The summed E-state index contributed by atoms with van der Waals surface area (Å²) in [6.45, 7) is 9.31. The summed E-state index contributed by atoms with van der Waals surface area (Å²) < 4.78 is 10.9. The summed E-state index contributed by atoms with van der Waals surface area (Å²) in [5, 5.41) is 0. The van der Waals surface area contributed by atoms with Gasteiger partial charge >= 0.3 is 11.9 Å². The topological polar surface area (TPSA) is 52.6 Å². The summed E-state index contributed by atoms with van der Waals surface area (Å²) in [6.07, 6.45) is 5.24. The zero-order valence-corrected chi connectivity index (χ0v) is 13.6. The smallest absolute Gasteiger partial charge is 0.313 e. The standard InChI is InChI=1S/C17H26O4/c1-6-17(16(19)21-11(4)5)13-8-7-12(9-13)14(17)15(18)20-10(2)3/h7-8,10-14H,6,9H2,1-5H3. The lowest BCUT2D eigenvalue weighted by atomic mass is 9.66. The van der Waals surface area contributed by atoms with Crippen LogP contribution in [0.5, 0.6) is 0 Å². The number of rotatable bonds is 5. The molecular weight excluding hydrogens is 268 g/mol. The molecule has 0 aliphatic heterocycles. The minimum Gasteiger partial charge on any atom is -0.463 e. The maximum Gasteiger partial charge on any atom is 0.313 e. The summed E-state index contributed by atoms with van der Waals surface area (Å²) in [4.78, 5) is 25.3. The van der Waals surface area contributed by atoms with E-state index in [4.69, 9.17) is 9.47 Å². The van der Waals surface area contributed by atoms with Crippen molar-refractivity contribution in [2.24, 2.45) is 23.2 Å². The lowest BCUT2D eigenvalue weighted by Crippen LogP contribution is -2.47. The summed E-state index contributed by atoms with van der Waals surface area (Å²) in [6, 6.07) is 0. The fourth-order valence-electron chi connectivity index (χ4n) is 3.89. The lowest BCUT2D eigenvalue weighted by Gasteiger charge is -2.38. The number of hydrogen-bond acceptors (Lipinski definition) is 4. The molecule has 4 heteroatoms. The predicted octanol–water partition coefficient (Wildman–Crippen LogP) is 3.11. The molecule has 118 valence electrons. The van der Waals surface area contributed by atoms with Crippen LogP contribution in [0.3, 0.4) is 0 Å². The highest BCUT2D eigenvalue weighted by Gasteiger charge is 2.63. The molecule has 0 aromatic carbocycles. The first-order valence-electron chi connectivity index (χ1n) is 7.92. The zero-order valence-electron chi connectivity index (χ0n) is 13.6. The Morgan fingerprint density at radius 1 is 1.14 bits per heavy atom. The Labute approximate surface area is 126 Å². The summed E-state index contributed by atoms with van der Waals surface area (Å²) in [5.74, 6) is -0.734. The van der Waals surface area contributed by atoms with Crippen LogP contribution >= 0.6 is 0 Å². The molecule has 0 aromatic rings. The summed E-state index contributed by atoms with van der Waals surface area (Å²) in [7, 11) is 0. The number of allylic oxidation sites excluding steroid dienone is 2. The normalized spacial score (nSPS) is 33.8. The van der Waals surface area contributed by atoms with Gasteiger partial charge in [-0.2, -0.15) is 0 Å². The molecule has 0 N–H and O–H groups in total. The van der Waals surface area contributed by atoms with Gasteiger partial charge in [-0.3, -0.25) is 9.59 Å². The Morgan fingerprint density at radius 2 is 1.76 bits per heavy atom. The van der Waals surface area contributed by atoms with Gasteiger partial charge in [0.1, 0.15) is 0 Å². The van der Waals surface area contributed by atoms with Crippen LogP contribution in [-0.2, 0) is 19.1 Å². The summed E-state index contributed by atoms with van der Waals surface area (Å²) in [5.41, 5.74) is -0.754. The number of fused-ring (bicyclic) bond motifs is 2. The second-order valence-corrected chi connectivity index (χ2v) is 6.70. The first-order valence-corrected chi connectivity index (χ1v) is 7.92. The van der Waals surface area contributed by atoms with Gasteiger partial charge in [0, 0.05) is 0 Å². The molecule has 0 amide bonds. The van der Waals surface area contributed by atoms with Gasteiger partial charge in [0.05, 0.1) is 23.5 Å². The molecule has 21 heavy (non-hydrogen) atoms. The van der Waals surface area contributed by atoms with Crippen molar-refractivity contribution in [3.05, 3.63) is 12.2 Å². The highest BCUT2D eigenvalue weighted by atomic mass is 16.6. The molecular formula is C17H26O4. The summed E-state index contributed by atoms with van der Waals surface area (Å²) >= 11 is 0. The van der Waals surface area contributed by atoms with Gasteiger partial charge in [0.15, 0.2) is 0 Å². The van der Waals surface area contributed by atoms with Crippen LogP contribution in [0, 0.1) is 23.2 Å². The fraction of sp³-hybridized carbons (Fsp3) is 0.765. The van der Waals surface area contributed by atoms with E-state index in [1.807, 2.05) is 34.6 Å². The molecule has 1 fully saturated rings. The highest BCUT2D eigenvalue weighted by Crippen LogP contribution is 2.59. The van der Waals surface area contributed by atoms with Crippen LogP contribution < -0.4 is 0 Å². The quantitative estimate of drug-likeness (QED) is 0.577. The third-order valence-corrected chi connectivity index (χ3v) is 4.68. The van der Waals surface area contributed by atoms with E-state index in [2.05, 4.69) is 12.2 Å². The minimum absolute atomic E-state index is 0.0865. The van der Waals surface area contributed by atoms with Crippen LogP contribution in [-0.4, -0.2) is 24.1 Å². The Hall–Kier alpha value is -1.32. The molecule has 4 unspecified atom stereocenters. The van der Waals surface area contributed by atoms with Crippen LogP contribution in [0.2, 0.25) is 0 Å². The number of ether oxygens (including phenoxy) is 2. The van der Waals surface area contributed by atoms with Gasteiger partial charge in [-0.15, -0.1) is 0 Å². The largest absolute Gasteiger partial charge is 0.463 e. The minimum atomic E-state index is -0.754. The monoisotopic (exact) mass is 294 g/mol. The average Bonchev–Trinajstić information content (AvgIpc) is 2.95. The van der Waals surface area contributed by atoms with Crippen LogP contribution in [0.1, 0.15) is 47.5 Å². The van der Waals surface area contributed by atoms with Gasteiger partial charge in [-0.1, -0.05) is 19.1 Å². The van der Waals surface area contributed by atoms with Crippen molar-refractivity contribution >= 4 is 11.9 Å². The SMILES string of the molecule is CCC1(C(=O)OC(C)C)C2C=CC(C2)C1C(=O)OC(C)C. The first-order chi connectivity index (χ1) is 9.82. The van der Waals surface area contributed by atoms with E-state index in [1.54, 1.807) is 0 Å². The van der Waals surface area contributed by atoms with Crippen LogP contribution in [0.4, 0.5) is 0 Å². The average molecular weight is 294 g/mol. The van der Waals surface area contributed by atoms with Gasteiger partial charge in [0.25, 0.3) is 0 Å². The zero-order chi connectivity index (χ0) is 15.8. The van der Waals surface area contributed by atoms with Gasteiger partial charge < -0.3 is 9.47 Å². The second-order valence-electron chi connectivity index (χ2n) is 6.70. The number of carbonyl (C=O) groups excluding carboxylic acids is 2. The third kappa shape index (κ3) is 2.60. The lowest BCUT2D eigenvalue weighted by molar-refractivity contribution is -0.176. The molecule has 1 saturated carbocycles. The van der Waals surface area contributed by atoms with Crippen molar-refractivity contribution in [1.29, 1.82) is 0 Å². The highest BCUT2D eigenvalue weighted by molar-refractivity contribution is 5.88. The number of hydrogen-bond donors (Lipinski definition) is 0. The van der Waals surface area contributed by atoms with Crippen LogP contribution in [0.15, 0.2) is 12.2 Å². The number of esters is 2. The van der Waals surface area contributed by atoms with Crippen molar-refractivity contribution in [2.75, 3.05) is 0 Å². The fourth-order valence-corrected chi connectivity index (χ4v) is 3.89. The molecule has 4 atom stereocenters. The van der Waals surface area contributed by atoms with E-state index in [-0.39, 0.29) is 36.0 Å². The van der Waals surface area contributed by atoms with E-state index < -0.39 is 11.3 Å². The van der Waals surface area contributed by atoms with Crippen LogP contribution in [0.25, 0.3) is 0 Å². The third-order valence-electron chi connectivity index (χ3n) is 4.68. The molecule has 0 heterocycles. The molecule has 0 aromatic heterocycles. The van der Waals surface area contributed by atoms with E-state index in [0.29, 0.717) is 6.42 Å².